The second-order valence-electron chi connectivity index (χ2n) is 6.04. The van der Waals surface area contributed by atoms with Gasteiger partial charge < -0.3 is 10.6 Å². The number of hydrogen-bond acceptors (Lipinski definition) is 4. The first kappa shape index (κ1) is 23.2. The fourth-order valence-electron chi connectivity index (χ4n) is 2.51. The first-order chi connectivity index (χ1) is 13.6. The molecule has 6 nitrogen and oxygen atoms in total. The highest BCUT2D eigenvalue weighted by Gasteiger charge is 2.29. The van der Waals surface area contributed by atoms with Gasteiger partial charge in [-0.1, -0.05) is 26.0 Å². The van der Waals surface area contributed by atoms with Gasteiger partial charge in [0.2, 0.25) is 0 Å². The second kappa shape index (κ2) is 9.59. The van der Waals surface area contributed by atoms with Gasteiger partial charge in [-0.25, -0.2) is 13.2 Å². The van der Waals surface area contributed by atoms with Crippen LogP contribution < -0.4 is 10.6 Å². The lowest BCUT2D eigenvalue weighted by molar-refractivity contribution is -0.137. The summed E-state index contributed by atoms with van der Waals surface area (Å²) in [6.07, 6.45) is -4.40. The largest absolute Gasteiger partial charge is 0.416 e. The zero-order valence-electron chi connectivity index (χ0n) is 15.9. The maximum atomic E-state index is 12.5. The molecule has 1 aromatic carbocycles. The number of hydrogen-bond donors (Lipinski definition) is 2. The third kappa shape index (κ3) is 6.18. The van der Waals surface area contributed by atoms with Crippen LogP contribution in [0.1, 0.15) is 29.9 Å². The minimum Gasteiger partial charge on any atom is -0.334 e. The number of halogens is 3. The lowest BCUT2D eigenvalue weighted by Crippen LogP contribution is -2.34. The molecular weight excluding hydrogens is 427 g/mol. The quantitative estimate of drug-likeness (QED) is 0.644. The summed E-state index contributed by atoms with van der Waals surface area (Å²) in [7, 11) is -3.54. The van der Waals surface area contributed by atoms with Gasteiger partial charge in [-0.2, -0.15) is 17.5 Å². The number of urea groups is 1. The first-order valence-corrected chi connectivity index (χ1v) is 11.1. The van der Waals surface area contributed by atoms with E-state index in [0.29, 0.717) is 23.5 Å². The molecule has 0 atom stereocenters. The molecule has 2 amide bonds. The molecular formula is C18H22F3N3O3S2. The molecule has 0 unspecified atom stereocenters. The van der Waals surface area contributed by atoms with Crippen molar-refractivity contribution in [1.29, 1.82) is 0 Å². The van der Waals surface area contributed by atoms with E-state index < -0.39 is 27.8 Å². The average Bonchev–Trinajstić information content (AvgIpc) is 3.15. The summed E-state index contributed by atoms with van der Waals surface area (Å²) >= 11 is 1.08. The van der Waals surface area contributed by atoms with E-state index in [-0.39, 0.29) is 17.3 Å². The second-order valence-corrected chi connectivity index (χ2v) is 9.37. The molecule has 2 rings (SSSR count). The number of nitrogens with one attached hydrogen (secondary N) is 2. The van der Waals surface area contributed by atoms with Crippen molar-refractivity contribution in [2.24, 2.45) is 0 Å². The van der Waals surface area contributed by atoms with Crippen LogP contribution in [0.5, 0.6) is 0 Å². The van der Waals surface area contributed by atoms with Crippen molar-refractivity contribution in [2.45, 2.75) is 37.3 Å². The Hall–Kier alpha value is -2.11. The Labute approximate surface area is 171 Å². The third-order valence-electron chi connectivity index (χ3n) is 4.09. The van der Waals surface area contributed by atoms with Gasteiger partial charge in [-0.3, -0.25) is 0 Å². The van der Waals surface area contributed by atoms with Crippen LogP contribution >= 0.6 is 11.3 Å². The molecule has 0 aliphatic heterocycles. The highest BCUT2D eigenvalue weighted by molar-refractivity contribution is 7.91. The van der Waals surface area contributed by atoms with Gasteiger partial charge in [0.05, 0.1) is 12.1 Å². The van der Waals surface area contributed by atoms with Crippen LogP contribution in [-0.2, 0) is 29.3 Å². The topological polar surface area (TPSA) is 78.5 Å². The zero-order chi connectivity index (χ0) is 21.7. The van der Waals surface area contributed by atoms with Gasteiger partial charge >= 0.3 is 12.2 Å². The standard InChI is InChI=1S/C18H22F3N3O3S2/c1-3-24(4-2)29(26,27)16-10-9-15(28-16)12-23-17(25)22-11-13-5-7-14(8-6-13)18(19,20)21/h5-10H,3-4,11-12H2,1-2H3,(H2,22,23,25). The van der Waals surface area contributed by atoms with Crippen LogP contribution in [-0.4, -0.2) is 31.8 Å². The number of benzene rings is 1. The molecule has 29 heavy (non-hydrogen) atoms. The van der Waals surface area contributed by atoms with Crippen LogP contribution in [0, 0.1) is 0 Å². The minimum atomic E-state index is -4.40. The van der Waals surface area contributed by atoms with E-state index in [1.807, 2.05) is 0 Å². The van der Waals surface area contributed by atoms with Crippen molar-refractivity contribution >= 4 is 27.4 Å². The molecule has 1 aromatic heterocycles. The zero-order valence-corrected chi connectivity index (χ0v) is 17.5. The van der Waals surface area contributed by atoms with Crippen molar-refractivity contribution in [3.05, 3.63) is 52.4 Å². The van der Waals surface area contributed by atoms with Crippen molar-refractivity contribution < 1.29 is 26.4 Å². The number of alkyl halides is 3. The molecule has 1 heterocycles. The molecule has 2 N–H and O–H groups in total. The number of nitrogens with zero attached hydrogens (tertiary/aromatic N) is 1. The average molecular weight is 450 g/mol. The van der Waals surface area contributed by atoms with E-state index in [1.165, 1.54) is 22.5 Å². The SMILES string of the molecule is CCN(CC)S(=O)(=O)c1ccc(CNC(=O)NCc2ccc(C(F)(F)F)cc2)s1. The van der Waals surface area contributed by atoms with Gasteiger partial charge in [0.15, 0.2) is 0 Å². The Morgan fingerprint density at radius 1 is 1.00 bits per heavy atom. The first-order valence-electron chi connectivity index (χ1n) is 8.84. The maximum absolute atomic E-state index is 12.5. The number of rotatable bonds is 8. The molecule has 0 aliphatic rings. The molecule has 0 saturated heterocycles. The van der Waals surface area contributed by atoms with Crippen LogP contribution in [0.2, 0.25) is 0 Å². The molecule has 160 valence electrons. The molecule has 0 aliphatic carbocycles. The van der Waals surface area contributed by atoms with E-state index >= 15 is 0 Å². The van der Waals surface area contributed by atoms with Gasteiger partial charge in [-0.15, -0.1) is 11.3 Å². The predicted octanol–water partition coefficient (Wildman–Crippen LogP) is 3.80. The highest BCUT2D eigenvalue weighted by atomic mass is 32.2. The van der Waals surface area contributed by atoms with Gasteiger partial charge in [0.25, 0.3) is 10.0 Å². The number of sulfonamides is 1. The van der Waals surface area contributed by atoms with Crippen LogP contribution in [0.4, 0.5) is 18.0 Å². The molecule has 0 fully saturated rings. The normalized spacial score (nSPS) is 12.2. The highest BCUT2D eigenvalue weighted by Crippen LogP contribution is 2.29. The molecule has 11 heteroatoms. The Bertz CT molecular complexity index is 922. The van der Waals surface area contributed by atoms with Crippen LogP contribution in [0.25, 0.3) is 0 Å². The smallest absolute Gasteiger partial charge is 0.334 e. The van der Waals surface area contributed by atoms with Crippen molar-refractivity contribution in [2.75, 3.05) is 13.1 Å². The number of amides is 2. The van der Waals surface area contributed by atoms with E-state index in [0.717, 1.165) is 23.5 Å². The molecule has 0 bridgehead atoms. The summed E-state index contributed by atoms with van der Waals surface area (Å²) in [4.78, 5) is 12.6. The summed E-state index contributed by atoms with van der Waals surface area (Å²) < 4.78 is 64.1. The monoisotopic (exact) mass is 449 g/mol. The summed E-state index contributed by atoms with van der Waals surface area (Å²) in [5.41, 5.74) is -0.226. The minimum absolute atomic E-state index is 0.0655. The summed E-state index contributed by atoms with van der Waals surface area (Å²) in [6, 6.07) is 7.15. The fourth-order valence-corrected chi connectivity index (χ4v) is 5.41. The van der Waals surface area contributed by atoms with Crippen molar-refractivity contribution in [1.82, 2.24) is 14.9 Å². The molecule has 0 spiro atoms. The third-order valence-corrected chi connectivity index (χ3v) is 7.70. The van der Waals surface area contributed by atoms with Crippen molar-refractivity contribution in [3.63, 3.8) is 0 Å². The summed E-state index contributed by atoms with van der Waals surface area (Å²) in [5.74, 6) is 0. The summed E-state index contributed by atoms with van der Waals surface area (Å²) in [6.45, 7) is 4.47. The van der Waals surface area contributed by atoms with Gasteiger partial charge in [-0.05, 0) is 29.8 Å². The van der Waals surface area contributed by atoms with E-state index in [4.69, 9.17) is 0 Å². The van der Waals surface area contributed by atoms with Crippen molar-refractivity contribution in [3.8, 4) is 0 Å². The van der Waals surface area contributed by atoms with E-state index in [9.17, 15) is 26.4 Å². The Balaban J connectivity index is 1.86. The Morgan fingerprint density at radius 2 is 1.59 bits per heavy atom. The number of carbonyl (C=O) groups is 1. The van der Waals surface area contributed by atoms with Crippen LogP contribution in [0.3, 0.4) is 0 Å². The van der Waals surface area contributed by atoms with E-state index in [2.05, 4.69) is 10.6 Å². The maximum Gasteiger partial charge on any atom is 0.416 e. The predicted molar refractivity (Wildman–Crippen MR) is 105 cm³/mol. The summed E-state index contributed by atoms with van der Waals surface area (Å²) in [5, 5.41) is 5.15. The molecule has 0 saturated carbocycles. The van der Waals surface area contributed by atoms with Gasteiger partial charge in [0.1, 0.15) is 4.21 Å². The Morgan fingerprint density at radius 3 is 2.14 bits per heavy atom. The fraction of sp³-hybridized carbons (Fsp3) is 0.389. The number of thiophene rings is 1. The lowest BCUT2D eigenvalue weighted by atomic mass is 10.1. The lowest BCUT2D eigenvalue weighted by Gasteiger charge is -2.16. The Kier molecular flexibility index (Phi) is 7.66. The van der Waals surface area contributed by atoms with Crippen LogP contribution in [0.15, 0.2) is 40.6 Å². The molecule has 0 radical (unpaired) electrons. The van der Waals surface area contributed by atoms with Gasteiger partial charge in [0, 0.05) is 24.5 Å². The molecule has 2 aromatic rings. The van der Waals surface area contributed by atoms with E-state index in [1.54, 1.807) is 19.9 Å². The number of carbonyl (C=O) groups excluding carboxylic acids is 1.